The highest BCUT2D eigenvalue weighted by atomic mass is 16.5. The first-order valence-electron chi connectivity index (χ1n) is 8.26. The van der Waals surface area contributed by atoms with Gasteiger partial charge in [-0.25, -0.2) is 0 Å². The molecule has 4 heterocycles. The van der Waals surface area contributed by atoms with Crippen LogP contribution in [0.5, 0.6) is 0 Å². The summed E-state index contributed by atoms with van der Waals surface area (Å²) in [6, 6.07) is 0. The fourth-order valence-electron chi connectivity index (χ4n) is 4.51. The summed E-state index contributed by atoms with van der Waals surface area (Å²) < 4.78 is 7.00. The van der Waals surface area contributed by atoms with E-state index in [2.05, 4.69) is 5.10 Å². The molecule has 2 amide bonds. The van der Waals surface area contributed by atoms with Gasteiger partial charge >= 0.3 is 0 Å². The lowest BCUT2D eigenvalue weighted by Crippen LogP contribution is -2.78. The maximum Gasteiger partial charge on any atom is 0.257 e. The van der Waals surface area contributed by atoms with E-state index in [4.69, 9.17) is 4.74 Å². The van der Waals surface area contributed by atoms with Crippen molar-refractivity contribution in [2.45, 2.75) is 12.0 Å². The number of fused-ring (bicyclic) bond motifs is 1. The summed E-state index contributed by atoms with van der Waals surface area (Å²) in [5.41, 5.74) is 0.508. The topological polar surface area (TPSA) is 67.7 Å². The van der Waals surface area contributed by atoms with Crippen molar-refractivity contribution in [3.05, 3.63) is 18.0 Å². The Balaban J connectivity index is 1.23. The third kappa shape index (κ3) is 1.77. The van der Waals surface area contributed by atoms with E-state index < -0.39 is 0 Å². The molecule has 3 saturated heterocycles. The monoisotopic (exact) mass is 316 g/mol. The van der Waals surface area contributed by atoms with Gasteiger partial charge in [0.05, 0.1) is 30.5 Å². The molecule has 7 nitrogen and oxygen atoms in total. The quantitative estimate of drug-likeness (QED) is 0.754. The van der Waals surface area contributed by atoms with Gasteiger partial charge in [-0.2, -0.15) is 5.10 Å². The van der Waals surface area contributed by atoms with Gasteiger partial charge in [0.1, 0.15) is 0 Å². The van der Waals surface area contributed by atoms with Crippen molar-refractivity contribution in [3.8, 4) is 0 Å². The van der Waals surface area contributed by atoms with Crippen molar-refractivity contribution in [3.63, 3.8) is 0 Å². The molecule has 1 aromatic rings. The largest absolute Gasteiger partial charge is 0.381 e. The molecule has 3 atom stereocenters. The molecule has 5 rings (SSSR count). The average Bonchev–Trinajstić information content (AvgIpc) is 2.82. The van der Waals surface area contributed by atoms with E-state index >= 15 is 0 Å². The molecule has 3 aliphatic heterocycles. The fourth-order valence-corrected chi connectivity index (χ4v) is 4.51. The van der Waals surface area contributed by atoms with E-state index in [-0.39, 0.29) is 23.3 Å². The molecule has 23 heavy (non-hydrogen) atoms. The van der Waals surface area contributed by atoms with Gasteiger partial charge in [-0.3, -0.25) is 14.3 Å². The number of hydrogen-bond donors (Lipinski definition) is 0. The summed E-state index contributed by atoms with van der Waals surface area (Å²) in [5, 5.41) is 4.07. The first kappa shape index (κ1) is 13.5. The number of amides is 2. The summed E-state index contributed by atoms with van der Waals surface area (Å²) >= 11 is 0. The van der Waals surface area contributed by atoms with Crippen LogP contribution in [0.4, 0.5) is 0 Å². The van der Waals surface area contributed by atoms with Crippen LogP contribution in [0, 0.1) is 17.8 Å². The predicted octanol–water partition coefficient (Wildman–Crippen LogP) is -0.261. The average molecular weight is 316 g/mol. The Morgan fingerprint density at radius 1 is 1.30 bits per heavy atom. The number of aryl methyl sites for hydroxylation is 1. The zero-order chi connectivity index (χ0) is 15.8. The van der Waals surface area contributed by atoms with Crippen LogP contribution in [-0.4, -0.2) is 69.8 Å². The van der Waals surface area contributed by atoms with Crippen LogP contribution < -0.4 is 0 Å². The molecule has 1 unspecified atom stereocenters. The minimum Gasteiger partial charge on any atom is -0.381 e. The number of aromatic nitrogens is 2. The van der Waals surface area contributed by atoms with Gasteiger partial charge in [-0.1, -0.05) is 0 Å². The second-order valence-electron chi connectivity index (χ2n) is 7.42. The van der Waals surface area contributed by atoms with Crippen LogP contribution in [-0.2, 0) is 16.6 Å². The lowest BCUT2D eigenvalue weighted by molar-refractivity contribution is -0.156. The van der Waals surface area contributed by atoms with Crippen molar-refractivity contribution < 1.29 is 14.3 Å². The maximum atomic E-state index is 12.6. The van der Waals surface area contributed by atoms with Gasteiger partial charge in [0.15, 0.2) is 0 Å². The Bertz CT molecular complexity index is 683. The number of ether oxygens (including phenoxy) is 1. The maximum absolute atomic E-state index is 12.6. The summed E-state index contributed by atoms with van der Waals surface area (Å²) in [4.78, 5) is 29.0. The standard InChI is InChI=1S/C16H20N4O3/c1-18-5-10(4-17-18)14(21)20-3-2-16(20)8-19(9-16)15(22)13-11-6-23-7-12(11)13/h4-5,11-13H,2-3,6-9H2,1H3/t11-,12+,13?. The van der Waals surface area contributed by atoms with Crippen LogP contribution in [0.3, 0.4) is 0 Å². The van der Waals surface area contributed by atoms with Gasteiger partial charge in [-0.05, 0) is 18.3 Å². The highest BCUT2D eigenvalue weighted by Crippen LogP contribution is 2.53. The first-order chi connectivity index (χ1) is 11.1. The zero-order valence-electron chi connectivity index (χ0n) is 13.1. The number of carbonyl (C=O) groups excluding carboxylic acids is 2. The molecule has 1 aromatic heterocycles. The van der Waals surface area contributed by atoms with Crippen LogP contribution >= 0.6 is 0 Å². The molecule has 0 bridgehead atoms. The molecule has 1 saturated carbocycles. The predicted molar refractivity (Wildman–Crippen MR) is 79.5 cm³/mol. The molecular weight excluding hydrogens is 296 g/mol. The SMILES string of the molecule is Cn1cc(C(=O)N2CCC23CN(C(=O)C2[C@H]4COC[C@@H]24)C3)cn1. The second-order valence-corrected chi connectivity index (χ2v) is 7.42. The lowest BCUT2D eigenvalue weighted by Gasteiger charge is -2.62. The summed E-state index contributed by atoms with van der Waals surface area (Å²) in [7, 11) is 1.81. The van der Waals surface area contributed by atoms with Gasteiger partial charge in [-0.15, -0.1) is 0 Å². The molecule has 4 fully saturated rings. The minimum absolute atomic E-state index is 0.0353. The van der Waals surface area contributed by atoms with E-state index in [0.29, 0.717) is 30.5 Å². The highest BCUT2D eigenvalue weighted by molar-refractivity contribution is 5.95. The van der Waals surface area contributed by atoms with E-state index in [0.717, 1.165) is 26.2 Å². The van der Waals surface area contributed by atoms with Crippen molar-refractivity contribution >= 4 is 11.8 Å². The Morgan fingerprint density at radius 3 is 2.61 bits per heavy atom. The molecule has 7 heteroatoms. The Hall–Kier alpha value is -1.89. The number of nitrogens with zero attached hydrogens (tertiary/aromatic N) is 4. The van der Waals surface area contributed by atoms with E-state index in [9.17, 15) is 9.59 Å². The van der Waals surface area contributed by atoms with Crippen molar-refractivity contribution in [1.82, 2.24) is 19.6 Å². The number of rotatable bonds is 2. The lowest BCUT2D eigenvalue weighted by atomic mass is 9.76. The zero-order valence-corrected chi connectivity index (χ0v) is 13.1. The van der Waals surface area contributed by atoms with Gasteiger partial charge < -0.3 is 14.5 Å². The van der Waals surface area contributed by atoms with Crippen molar-refractivity contribution in [2.24, 2.45) is 24.8 Å². The van der Waals surface area contributed by atoms with Gasteiger partial charge in [0.2, 0.25) is 5.91 Å². The van der Waals surface area contributed by atoms with Gasteiger partial charge in [0, 0.05) is 38.8 Å². The summed E-state index contributed by atoms with van der Waals surface area (Å²) in [5.74, 6) is 1.40. The van der Waals surface area contributed by atoms with Crippen LogP contribution in [0.2, 0.25) is 0 Å². The third-order valence-corrected chi connectivity index (χ3v) is 6.09. The minimum atomic E-state index is -0.122. The van der Waals surface area contributed by atoms with Crippen molar-refractivity contribution in [2.75, 3.05) is 32.8 Å². The van der Waals surface area contributed by atoms with Gasteiger partial charge in [0.25, 0.3) is 5.91 Å². The molecule has 1 aliphatic carbocycles. The molecule has 1 spiro atoms. The smallest absolute Gasteiger partial charge is 0.257 e. The Kier molecular flexibility index (Phi) is 2.56. The molecule has 0 N–H and O–H groups in total. The number of likely N-dealkylation sites (tertiary alicyclic amines) is 2. The number of hydrogen-bond acceptors (Lipinski definition) is 4. The Morgan fingerprint density at radius 2 is 2.04 bits per heavy atom. The van der Waals surface area contributed by atoms with Crippen LogP contribution in [0.15, 0.2) is 12.4 Å². The molecular formula is C16H20N4O3. The molecule has 4 aliphatic rings. The van der Waals surface area contributed by atoms with Crippen LogP contribution in [0.25, 0.3) is 0 Å². The van der Waals surface area contributed by atoms with E-state index in [1.165, 1.54) is 0 Å². The summed E-state index contributed by atoms with van der Waals surface area (Å²) in [6.07, 6.45) is 4.35. The molecule has 122 valence electrons. The Labute approximate surface area is 134 Å². The first-order valence-corrected chi connectivity index (χ1v) is 8.26. The van der Waals surface area contributed by atoms with E-state index in [1.807, 2.05) is 16.8 Å². The number of carbonyl (C=O) groups is 2. The highest BCUT2D eigenvalue weighted by Gasteiger charge is 2.63. The van der Waals surface area contributed by atoms with Crippen molar-refractivity contribution in [1.29, 1.82) is 0 Å². The molecule has 0 aromatic carbocycles. The third-order valence-electron chi connectivity index (χ3n) is 6.09. The summed E-state index contributed by atoms with van der Waals surface area (Å²) in [6.45, 7) is 3.64. The van der Waals surface area contributed by atoms with Crippen LogP contribution in [0.1, 0.15) is 16.8 Å². The fraction of sp³-hybridized carbons (Fsp3) is 0.688. The van der Waals surface area contributed by atoms with E-state index in [1.54, 1.807) is 17.1 Å². The second kappa shape index (κ2) is 4.35. The normalized spacial score (nSPS) is 33.2. The molecule has 0 radical (unpaired) electrons.